The number of anilines is 1. The quantitative estimate of drug-likeness (QED) is 0.396. The molecule has 2 aliphatic rings. The van der Waals surface area contributed by atoms with Gasteiger partial charge in [0, 0.05) is 10.1 Å². The molecule has 0 radical (unpaired) electrons. The minimum atomic E-state index is -0.586. The number of β-lactam (4-membered cyclic amide) rings is 1. The van der Waals surface area contributed by atoms with Crippen LogP contribution in [0.5, 0.6) is 5.75 Å². The molecule has 2 aliphatic heterocycles. The molecule has 2 heterocycles. The highest BCUT2D eigenvalue weighted by Gasteiger charge is 2.63. The number of hydrogen-bond donors (Lipinski definition) is 0. The van der Waals surface area contributed by atoms with Gasteiger partial charge in [0.05, 0.1) is 18.3 Å². The molecular weight excluding hydrogens is 402 g/mol. The van der Waals surface area contributed by atoms with E-state index in [1.54, 1.807) is 18.9 Å². The van der Waals surface area contributed by atoms with Gasteiger partial charge in [-0.25, -0.2) is 0 Å². The van der Waals surface area contributed by atoms with E-state index >= 15 is 0 Å². The zero-order valence-electron chi connectivity index (χ0n) is 15.9. The molecule has 3 atom stereocenters. The van der Waals surface area contributed by atoms with Gasteiger partial charge >= 0.3 is 0 Å². The SMILES string of the molecule is COc1ccc([C@@H]2C[C@@]3(c4ccccc4)[C@H](Cl)C(=O)N3c3ccccc3S2)cc1. The molecule has 0 unspecified atom stereocenters. The summed E-state index contributed by atoms with van der Waals surface area (Å²) in [7, 11) is 1.67. The molecule has 3 nitrogen and oxygen atoms in total. The molecule has 29 heavy (non-hydrogen) atoms. The summed E-state index contributed by atoms with van der Waals surface area (Å²) in [5.41, 5.74) is 2.66. The van der Waals surface area contributed by atoms with Crippen molar-refractivity contribution in [1.29, 1.82) is 0 Å². The average molecular weight is 422 g/mol. The highest BCUT2D eigenvalue weighted by molar-refractivity contribution is 7.99. The Labute approximate surface area is 179 Å². The van der Waals surface area contributed by atoms with E-state index in [9.17, 15) is 4.79 Å². The van der Waals surface area contributed by atoms with Crippen LogP contribution in [-0.4, -0.2) is 18.4 Å². The van der Waals surface area contributed by atoms with E-state index in [0.29, 0.717) is 0 Å². The standard InChI is InChI=1S/C24H20ClNO2S/c1-28-18-13-11-16(12-14-18)21-15-24(17-7-3-2-4-8-17)22(25)23(27)26(24)19-9-5-6-10-20(19)29-21/h2-14,21-22H,15H2,1H3/t21-,22+,24+/m0/s1. The summed E-state index contributed by atoms with van der Waals surface area (Å²) in [6.07, 6.45) is 0.739. The number of carbonyl (C=O) groups is 1. The van der Waals surface area contributed by atoms with Crippen LogP contribution in [0.3, 0.4) is 0 Å². The summed E-state index contributed by atoms with van der Waals surface area (Å²) < 4.78 is 5.33. The first-order chi connectivity index (χ1) is 14.1. The molecule has 3 aromatic carbocycles. The van der Waals surface area contributed by atoms with Crippen molar-refractivity contribution in [2.75, 3.05) is 12.0 Å². The van der Waals surface area contributed by atoms with Crippen molar-refractivity contribution >= 4 is 35.0 Å². The van der Waals surface area contributed by atoms with Gasteiger partial charge in [-0.2, -0.15) is 0 Å². The van der Waals surface area contributed by atoms with Crippen molar-refractivity contribution < 1.29 is 9.53 Å². The minimum absolute atomic E-state index is 0.0287. The second-order valence-corrected chi connectivity index (χ2v) is 9.06. The molecule has 5 rings (SSSR count). The largest absolute Gasteiger partial charge is 0.497 e. The molecular formula is C24H20ClNO2S. The lowest BCUT2D eigenvalue weighted by Gasteiger charge is -2.55. The summed E-state index contributed by atoms with van der Waals surface area (Å²) in [6, 6.07) is 26.5. The van der Waals surface area contributed by atoms with Crippen LogP contribution in [0, 0.1) is 0 Å². The molecule has 1 fully saturated rings. The van der Waals surface area contributed by atoms with E-state index < -0.39 is 10.9 Å². The number of nitrogens with zero attached hydrogens (tertiary/aromatic N) is 1. The van der Waals surface area contributed by atoms with Crippen molar-refractivity contribution in [1.82, 2.24) is 0 Å². The minimum Gasteiger partial charge on any atom is -0.497 e. The number of amides is 1. The van der Waals surface area contributed by atoms with Crippen LogP contribution in [-0.2, 0) is 10.3 Å². The van der Waals surface area contributed by atoms with Crippen LogP contribution >= 0.6 is 23.4 Å². The second-order valence-electron chi connectivity index (χ2n) is 7.38. The average Bonchev–Trinajstić information content (AvgIpc) is 2.92. The summed E-state index contributed by atoms with van der Waals surface area (Å²) in [5, 5.41) is -0.431. The van der Waals surface area contributed by atoms with Crippen LogP contribution in [0.1, 0.15) is 22.8 Å². The number of hydrogen-bond acceptors (Lipinski definition) is 3. The molecule has 146 valence electrons. The Balaban J connectivity index is 1.68. The lowest BCUT2D eigenvalue weighted by atomic mass is 9.72. The number of carbonyl (C=O) groups excluding carboxylic acids is 1. The van der Waals surface area contributed by atoms with E-state index in [1.165, 1.54) is 5.56 Å². The number of methoxy groups -OCH3 is 1. The Kier molecular flexibility index (Phi) is 4.56. The van der Waals surface area contributed by atoms with Crippen molar-refractivity contribution in [2.24, 2.45) is 0 Å². The lowest BCUT2D eigenvalue weighted by Crippen LogP contribution is -2.70. The van der Waals surface area contributed by atoms with Gasteiger partial charge in [-0.15, -0.1) is 23.4 Å². The highest BCUT2D eigenvalue weighted by Crippen LogP contribution is 2.60. The molecule has 0 aromatic heterocycles. The molecule has 0 N–H and O–H groups in total. The third-order valence-corrected chi connectivity index (χ3v) is 7.76. The monoisotopic (exact) mass is 421 g/mol. The maximum absolute atomic E-state index is 13.0. The maximum atomic E-state index is 13.0. The van der Waals surface area contributed by atoms with Gasteiger partial charge in [-0.05, 0) is 41.8 Å². The van der Waals surface area contributed by atoms with Gasteiger partial charge in [0.25, 0.3) is 0 Å². The Morgan fingerprint density at radius 2 is 1.69 bits per heavy atom. The van der Waals surface area contributed by atoms with E-state index in [1.807, 2.05) is 53.4 Å². The molecule has 0 aliphatic carbocycles. The van der Waals surface area contributed by atoms with E-state index in [4.69, 9.17) is 16.3 Å². The first-order valence-electron chi connectivity index (χ1n) is 9.58. The number of alkyl halides is 1. The molecule has 1 amide bonds. The number of benzene rings is 3. The number of ether oxygens (including phenoxy) is 1. The van der Waals surface area contributed by atoms with E-state index in [2.05, 4.69) is 30.3 Å². The lowest BCUT2D eigenvalue weighted by molar-refractivity contribution is -0.127. The molecule has 3 aromatic rings. The van der Waals surface area contributed by atoms with Crippen molar-refractivity contribution in [2.45, 2.75) is 27.5 Å². The fraction of sp³-hybridized carbons (Fsp3) is 0.208. The maximum Gasteiger partial charge on any atom is 0.248 e. The fourth-order valence-electron chi connectivity index (χ4n) is 4.43. The Morgan fingerprint density at radius 1 is 1.00 bits per heavy atom. The van der Waals surface area contributed by atoms with Crippen LogP contribution in [0.2, 0.25) is 0 Å². The molecule has 0 bridgehead atoms. The normalized spacial score (nSPS) is 25.4. The fourth-order valence-corrected chi connectivity index (χ4v) is 6.22. The van der Waals surface area contributed by atoms with Gasteiger partial charge in [0.2, 0.25) is 5.91 Å². The Bertz CT molecular complexity index is 1060. The zero-order valence-corrected chi connectivity index (χ0v) is 17.5. The third-order valence-electron chi connectivity index (χ3n) is 5.89. The van der Waals surface area contributed by atoms with Crippen LogP contribution < -0.4 is 9.64 Å². The summed E-state index contributed by atoms with van der Waals surface area (Å²) in [5.74, 6) is 0.806. The number of fused-ring (bicyclic) bond motifs is 3. The Hall–Kier alpha value is -2.43. The highest BCUT2D eigenvalue weighted by atomic mass is 35.5. The van der Waals surface area contributed by atoms with E-state index in [0.717, 1.165) is 28.3 Å². The predicted molar refractivity (Wildman–Crippen MR) is 118 cm³/mol. The van der Waals surface area contributed by atoms with E-state index in [-0.39, 0.29) is 11.2 Å². The first kappa shape index (κ1) is 18.6. The molecule has 0 saturated carbocycles. The third kappa shape index (κ3) is 2.77. The number of thioether (sulfide) groups is 1. The van der Waals surface area contributed by atoms with Crippen LogP contribution in [0.4, 0.5) is 5.69 Å². The van der Waals surface area contributed by atoms with Gasteiger partial charge in [0.15, 0.2) is 0 Å². The summed E-state index contributed by atoms with van der Waals surface area (Å²) >= 11 is 8.58. The summed E-state index contributed by atoms with van der Waals surface area (Å²) in [6.45, 7) is 0. The molecule has 5 heteroatoms. The topological polar surface area (TPSA) is 29.5 Å². The van der Waals surface area contributed by atoms with Gasteiger partial charge in [0.1, 0.15) is 11.1 Å². The van der Waals surface area contributed by atoms with Gasteiger partial charge in [-0.1, -0.05) is 54.6 Å². The number of para-hydroxylation sites is 1. The molecule has 1 saturated heterocycles. The Morgan fingerprint density at radius 3 is 2.41 bits per heavy atom. The van der Waals surface area contributed by atoms with Crippen LogP contribution in [0.15, 0.2) is 83.8 Å². The number of halogens is 1. The van der Waals surface area contributed by atoms with Crippen molar-refractivity contribution in [3.8, 4) is 5.75 Å². The van der Waals surface area contributed by atoms with Gasteiger partial charge in [-0.3, -0.25) is 9.69 Å². The first-order valence-corrected chi connectivity index (χ1v) is 10.9. The zero-order chi connectivity index (χ0) is 20.0. The molecule has 0 spiro atoms. The predicted octanol–water partition coefficient (Wildman–Crippen LogP) is 5.78. The van der Waals surface area contributed by atoms with Crippen molar-refractivity contribution in [3.05, 3.63) is 90.0 Å². The summed E-state index contributed by atoms with van der Waals surface area (Å²) in [4.78, 5) is 16.0. The van der Waals surface area contributed by atoms with Crippen molar-refractivity contribution in [3.63, 3.8) is 0 Å². The number of rotatable bonds is 3. The van der Waals surface area contributed by atoms with Crippen LogP contribution in [0.25, 0.3) is 0 Å². The van der Waals surface area contributed by atoms with Gasteiger partial charge < -0.3 is 4.74 Å². The smallest absolute Gasteiger partial charge is 0.248 e. The second kappa shape index (κ2) is 7.12.